The van der Waals surface area contributed by atoms with Crippen LogP contribution in [0.5, 0.6) is 5.75 Å². The van der Waals surface area contributed by atoms with E-state index in [0.717, 1.165) is 17.0 Å². The van der Waals surface area contributed by atoms with E-state index in [-0.39, 0.29) is 18.6 Å². The fraction of sp³-hybridized carbons (Fsp3) is 0.357. The molecule has 0 radical (unpaired) electrons. The van der Waals surface area contributed by atoms with Gasteiger partial charge in [-0.05, 0) is 24.6 Å². The first-order chi connectivity index (χ1) is 8.69. The number of fused-ring (bicyclic) bond motifs is 1. The molecule has 2 rings (SSSR count). The Kier molecular flexibility index (Phi) is 3.85. The number of ether oxygens (including phenoxy) is 1. The molecule has 4 heteroatoms. The summed E-state index contributed by atoms with van der Waals surface area (Å²) in [6, 6.07) is 6.04. The molecule has 0 aliphatic carbocycles. The van der Waals surface area contributed by atoms with E-state index >= 15 is 0 Å². The van der Waals surface area contributed by atoms with Crippen molar-refractivity contribution in [1.29, 1.82) is 0 Å². The molecule has 0 spiro atoms. The monoisotopic (exact) mass is 244 g/mol. The van der Waals surface area contributed by atoms with Gasteiger partial charge in [0.25, 0.3) is 5.91 Å². The van der Waals surface area contributed by atoms with Crippen molar-refractivity contribution in [3.63, 3.8) is 0 Å². The van der Waals surface area contributed by atoms with Gasteiger partial charge < -0.3 is 15.4 Å². The lowest BCUT2D eigenvalue weighted by Gasteiger charge is -2.19. The van der Waals surface area contributed by atoms with Crippen LogP contribution in [-0.4, -0.2) is 18.6 Å². The summed E-state index contributed by atoms with van der Waals surface area (Å²) < 4.78 is 5.30. The van der Waals surface area contributed by atoms with Crippen LogP contribution in [-0.2, 0) is 11.3 Å². The Morgan fingerprint density at radius 2 is 2.44 bits per heavy atom. The molecule has 18 heavy (non-hydrogen) atoms. The number of amides is 1. The van der Waals surface area contributed by atoms with E-state index in [1.165, 1.54) is 0 Å². The molecule has 4 nitrogen and oxygen atoms in total. The number of benzene rings is 1. The summed E-state index contributed by atoms with van der Waals surface area (Å²) in [7, 11) is 0. The molecule has 1 amide bonds. The average Bonchev–Trinajstić information content (AvgIpc) is 2.36. The van der Waals surface area contributed by atoms with Crippen molar-refractivity contribution in [3.8, 4) is 18.1 Å². The number of rotatable bonds is 4. The van der Waals surface area contributed by atoms with Crippen molar-refractivity contribution in [2.45, 2.75) is 25.9 Å². The zero-order chi connectivity index (χ0) is 13.0. The maximum absolute atomic E-state index is 11.2. The van der Waals surface area contributed by atoms with Crippen molar-refractivity contribution in [3.05, 3.63) is 23.8 Å². The molecule has 1 aliphatic rings. The first kappa shape index (κ1) is 12.5. The van der Waals surface area contributed by atoms with Gasteiger partial charge in [-0.2, -0.15) is 0 Å². The van der Waals surface area contributed by atoms with Crippen molar-refractivity contribution < 1.29 is 9.53 Å². The first-order valence-electron chi connectivity index (χ1n) is 5.91. The minimum atomic E-state index is -0.117. The molecule has 1 heterocycles. The lowest BCUT2D eigenvalue weighted by Crippen LogP contribution is -2.27. The number of carbonyl (C=O) groups excluding carboxylic acids is 1. The summed E-state index contributed by atoms with van der Waals surface area (Å²) in [4.78, 5) is 11.2. The predicted molar refractivity (Wildman–Crippen MR) is 70.3 cm³/mol. The van der Waals surface area contributed by atoms with E-state index in [1.54, 1.807) is 0 Å². The smallest absolute Gasteiger partial charge is 0.262 e. The average molecular weight is 244 g/mol. The van der Waals surface area contributed by atoms with Gasteiger partial charge in [-0.25, -0.2) is 0 Å². The maximum Gasteiger partial charge on any atom is 0.262 e. The van der Waals surface area contributed by atoms with Crippen LogP contribution in [0.2, 0.25) is 0 Å². The summed E-state index contributed by atoms with van der Waals surface area (Å²) in [5, 5.41) is 6.11. The molecule has 0 saturated carbocycles. The Hall–Kier alpha value is -1.99. The second-order valence-corrected chi connectivity index (χ2v) is 4.36. The van der Waals surface area contributed by atoms with Gasteiger partial charge in [-0.15, -0.1) is 12.3 Å². The molecule has 0 aromatic heterocycles. The van der Waals surface area contributed by atoms with Crippen molar-refractivity contribution >= 4 is 11.6 Å². The van der Waals surface area contributed by atoms with Crippen LogP contribution in [0.1, 0.15) is 18.9 Å². The summed E-state index contributed by atoms with van der Waals surface area (Å²) in [5.74, 6) is 3.22. The van der Waals surface area contributed by atoms with Gasteiger partial charge in [0, 0.05) is 19.0 Å². The predicted octanol–water partition coefficient (Wildman–Crippen LogP) is 1.52. The SMILES string of the molecule is C#CCC(C)NCc1ccc2c(c1)NC(=O)CO2. The van der Waals surface area contributed by atoms with Crippen LogP contribution in [0.15, 0.2) is 18.2 Å². The third kappa shape index (κ3) is 3.02. The van der Waals surface area contributed by atoms with Gasteiger partial charge >= 0.3 is 0 Å². The zero-order valence-electron chi connectivity index (χ0n) is 10.3. The summed E-state index contributed by atoms with van der Waals surface area (Å²) in [6.45, 7) is 2.85. The normalized spacial score (nSPS) is 15.0. The molecule has 0 fully saturated rings. The maximum atomic E-state index is 11.2. The largest absolute Gasteiger partial charge is 0.482 e. The highest BCUT2D eigenvalue weighted by molar-refractivity contribution is 5.95. The van der Waals surface area contributed by atoms with Crippen LogP contribution < -0.4 is 15.4 Å². The molecule has 1 aromatic rings. The summed E-state index contributed by atoms with van der Waals surface area (Å²) in [6.07, 6.45) is 5.95. The second-order valence-electron chi connectivity index (χ2n) is 4.36. The lowest BCUT2D eigenvalue weighted by atomic mass is 10.1. The van der Waals surface area contributed by atoms with Crippen LogP contribution >= 0.6 is 0 Å². The van der Waals surface area contributed by atoms with E-state index in [0.29, 0.717) is 13.0 Å². The van der Waals surface area contributed by atoms with E-state index in [2.05, 4.69) is 16.6 Å². The van der Waals surface area contributed by atoms with Crippen molar-refractivity contribution in [1.82, 2.24) is 5.32 Å². The van der Waals surface area contributed by atoms with Gasteiger partial charge in [0.2, 0.25) is 0 Å². The topological polar surface area (TPSA) is 50.4 Å². The molecule has 2 N–H and O–H groups in total. The van der Waals surface area contributed by atoms with Gasteiger partial charge in [0.15, 0.2) is 6.61 Å². The Bertz CT molecular complexity index is 491. The highest BCUT2D eigenvalue weighted by Crippen LogP contribution is 2.28. The molecule has 1 unspecified atom stereocenters. The van der Waals surface area contributed by atoms with Crippen LogP contribution in [0.3, 0.4) is 0 Å². The Morgan fingerprint density at radius 3 is 3.22 bits per heavy atom. The van der Waals surface area contributed by atoms with Crippen LogP contribution in [0.4, 0.5) is 5.69 Å². The number of nitrogens with one attached hydrogen (secondary N) is 2. The van der Waals surface area contributed by atoms with Gasteiger partial charge in [0.05, 0.1) is 5.69 Å². The minimum absolute atomic E-state index is 0.0871. The third-order valence-electron chi connectivity index (χ3n) is 2.76. The number of hydrogen-bond donors (Lipinski definition) is 2. The molecular weight excluding hydrogens is 228 g/mol. The van der Waals surface area contributed by atoms with Gasteiger partial charge in [-0.1, -0.05) is 6.07 Å². The van der Waals surface area contributed by atoms with E-state index in [4.69, 9.17) is 11.2 Å². The summed E-state index contributed by atoms with van der Waals surface area (Å²) >= 11 is 0. The van der Waals surface area contributed by atoms with E-state index < -0.39 is 0 Å². The molecule has 1 aliphatic heterocycles. The van der Waals surface area contributed by atoms with Gasteiger partial charge in [-0.3, -0.25) is 4.79 Å². The molecular formula is C14H16N2O2. The highest BCUT2D eigenvalue weighted by atomic mass is 16.5. The lowest BCUT2D eigenvalue weighted by molar-refractivity contribution is -0.118. The number of terminal acetylenes is 1. The number of carbonyl (C=O) groups is 1. The number of hydrogen-bond acceptors (Lipinski definition) is 3. The fourth-order valence-electron chi connectivity index (χ4n) is 1.78. The van der Waals surface area contributed by atoms with Crippen LogP contribution in [0.25, 0.3) is 0 Å². The second kappa shape index (κ2) is 5.56. The molecule has 1 aromatic carbocycles. The Labute approximate surface area is 107 Å². The van der Waals surface area contributed by atoms with Crippen LogP contribution in [0, 0.1) is 12.3 Å². The van der Waals surface area contributed by atoms with Crippen molar-refractivity contribution in [2.75, 3.05) is 11.9 Å². The quantitative estimate of drug-likeness (QED) is 0.789. The number of anilines is 1. The van der Waals surface area contributed by atoms with Gasteiger partial charge in [0.1, 0.15) is 5.75 Å². The third-order valence-corrected chi connectivity index (χ3v) is 2.76. The molecule has 94 valence electrons. The summed E-state index contributed by atoms with van der Waals surface area (Å²) in [5.41, 5.74) is 1.82. The Balaban J connectivity index is 2.00. The van der Waals surface area contributed by atoms with E-state index in [1.807, 2.05) is 25.1 Å². The first-order valence-corrected chi connectivity index (χ1v) is 5.91. The van der Waals surface area contributed by atoms with E-state index in [9.17, 15) is 4.79 Å². The highest BCUT2D eigenvalue weighted by Gasteiger charge is 2.15. The molecule has 1 atom stereocenters. The fourth-order valence-corrected chi connectivity index (χ4v) is 1.78. The molecule has 0 saturated heterocycles. The standard InChI is InChI=1S/C14H16N2O2/c1-3-4-10(2)15-8-11-5-6-13-12(7-11)16-14(17)9-18-13/h1,5-7,10,15H,4,8-9H2,2H3,(H,16,17). The minimum Gasteiger partial charge on any atom is -0.482 e. The Morgan fingerprint density at radius 1 is 1.61 bits per heavy atom. The zero-order valence-corrected chi connectivity index (χ0v) is 10.3. The molecule has 0 bridgehead atoms. The van der Waals surface area contributed by atoms with Crippen molar-refractivity contribution in [2.24, 2.45) is 0 Å².